The van der Waals surface area contributed by atoms with Crippen LogP contribution in [0.15, 0.2) is 0 Å². The fourth-order valence-corrected chi connectivity index (χ4v) is 4.44. The number of fused-ring (bicyclic) bond motifs is 4. The van der Waals surface area contributed by atoms with Crippen LogP contribution in [0.25, 0.3) is 0 Å². The van der Waals surface area contributed by atoms with Crippen LogP contribution in [-0.2, 0) is 28.5 Å². The van der Waals surface area contributed by atoms with Gasteiger partial charge in [0, 0.05) is 12.8 Å². The van der Waals surface area contributed by atoms with Gasteiger partial charge in [0.05, 0.1) is 36.3 Å². The zero-order valence-electron chi connectivity index (χ0n) is 17.0. The number of carbonyl (C=O) groups excluding carboxylic acids is 2. The summed E-state index contributed by atoms with van der Waals surface area (Å²) in [6.07, 6.45) is 4.96. The number of cyclic esters (lactones) is 2. The van der Waals surface area contributed by atoms with Gasteiger partial charge in [-0.3, -0.25) is 9.59 Å². The molecule has 3 aliphatic heterocycles. The summed E-state index contributed by atoms with van der Waals surface area (Å²) in [4.78, 5) is 25.1. The van der Waals surface area contributed by atoms with Crippen LogP contribution < -0.4 is 0 Å². The van der Waals surface area contributed by atoms with E-state index < -0.39 is 0 Å². The zero-order chi connectivity index (χ0) is 19.6. The van der Waals surface area contributed by atoms with Crippen molar-refractivity contribution in [3.05, 3.63) is 0 Å². The Morgan fingerprint density at radius 1 is 0.778 bits per heavy atom. The molecule has 0 spiro atoms. The van der Waals surface area contributed by atoms with Crippen molar-refractivity contribution >= 4 is 11.9 Å². The van der Waals surface area contributed by atoms with Gasteiger partial charge >= 0.3 is 11.9 Å². The maximum Gasteiger partial charge on any atom is 0.311 e. The normalized spacial score (nSPS) is 44.0. The van der Waals surface area contributed by atoms with Crippen LogP contribution in [-0.4, -0.2) is 48.6 Å². The third-order valence-electron chi connectivity index (χ3n) is 6.32. The first-order valence-corrected chi connectivity index (χ1v) is 10.6. The van der Waals surface area contributed by atoms with Gasteiger partial charge in [0.15, 0.2) is 0 Å². The first kappa shape index (κ1) is 20.6. The van der Waals surface area contributed by atoms with Gasteiger partial charge in [-0.15, -0.1) is 0 Å². The fourth-order valence-electron chi connectivity index (χ4n) is 4.44. The molecule has 27 heavy (non-hydrogen) atoms. The first-order valence-electron chi connectivity index (χ1n) is 10.6. The van der Waals surface area contributed by atoms with E-state index in [1.165, 1.54) is 0 Å². The lowest BCUT2D eigenvalue weighted by molar-refractivity contribution is -0.164. The molecule has 3 heterocycles. The van der Waals surface area contributed by atoms with Crippen molar-refractivity contribution in [2.75, 3.05) is 0 Å². The van der Waals surface area contributed by atoms with Gasteiger partial charge < -0.3 is 18.9 Å². The van der Waals surface area contributed by atoms with Crippen LogP contribution in [0.5, 0.6) is 0 Å². The smallest absolute Gasteiger partial charge is 0.311 e. The summed E-state index contributed by atoms with van der Waals surface area (Å²) in [7, 11) is 0. The second kappa shape index (κ2) is 8.91. The molecule has 0 unspecified atom stereocenters. The highest BCUT2D eigenvalue weighted by atomic mass is 16.6. The van der Waals surface area contributed by atoms with Crippen LogP contribution in [0.2, 0.25) is 0 Å². The Labute approximate surface area is 162 Å². The highest BCUT2D eigenvalue weighted by molar-refractivity contribution is 5.73. The van der Waals surface area contributed by atoms with Crippen LogP contribution in [0, 0.1) is 11.8 Å². The number of hydrogen-bond acceptors (Lipinski definition) is 6. The van der Waals surface area contributed by atoms with Gasteiger partial charge in [0.2, 0.25) is 0 Å². The summed E-state index contributed by atoms with van der Waals surface area (Å²) < 4.78 is 23.7. The highest BCUT2D eigenvalue weighted by Crippen LogP contribution is 2.33. The molecule has 8 atom stereocenters. The second-order valence-electron chi connectivity index (χ2n) is 8.51. The second-order valence-corrected chi connectivity index (χ2v) is 8.51. The van der Waals surface area contributed by atoms with E-state index in [1.807, 2.05) is 27.7 Å². The van der Waals surface area contributed by atoms with Crippen molar-refractivity contribution in [1.82, 2.24) is 0 Å². The van der Waals surface area contributed by atoms with Crippen molar-refractivity contribution in [2.45, 2.75) is 109 Å². The SMILES string of the molecule is CC[C@@H]1C[C@@H]2CC[C@H](O2)[C@H](C)C(=O)O[C@H](C)C[C@@H]2CC[C@H](O2)[C@H](C)C(=O)O1. The molecule has 3 fully saturated rings. The van der Waals surface area contributed by atoms with E-state index in [2.05, 4.69) is 0 Å². The topological polar surface area (TPSA) is 71.1 Å². The third kappa shape index (κ3) is 5.02. The molecule has 0 radical (unpaired) electrons. The lowest BCUT2D eigenvalue weighted by atomic mass is 9.99. The lowest BCUT2D eigenvalue weighted by Crippen LogP contribution is -2.34. The van der Waals surface area contributed by atoms with Crippen molar-refractivity contribution in [2.24, 2.45) is 11.8 Å². The van der Waals surface area contributed by atoms with E-state index in [4.69, 9.17) is 18.9 Å². The minimum atomic E-state index is -0.287. The average molecular weight is 382 g/mol. The monoisotopic (exact) mass is 382 g/mol. The molecule has 0 aromatic carbocycles. The maximum atomic E-state index is 12.6. The summed E-state index contributed by atoms with van der Waals surface area (Å²) in [5.74, 6) is -0.944. The largest absolute Gasteiger partial charge is 0.462 e. The van der Waals surface area contributed by atoms with E-state index >= 15 is 0 Å². The van der Waals surface area contributed by atoms with Gasteiger partial charge in [0.25, 0.3) is 0 Å². The van der Waals surface area contributed by atoms with E-state index in [0.717, 1.165) is 32.1 Å². The first-order chi connectivity index (χ1) is 12.9. The Hall–Kier alpha value is -1.14. The lowest BCUT2D eigenvalue weighted by Gasteiger charge is -2.26. The van der Waals surface area contributed by atoms with Crippen molar-refractivity contribution in [1.29, 1.82) is 0 Å². The molecule has 0 aromatic rings. The molecule has 3 rings (SSSR count). The van der Waals surface area contributed by atoms with Gasteiger partial charge in [0.1, 0.15) is 12.2 Å². The highest BCUT2D eigenvalue weighted by Gasteiger charge is 2.39. The van der Waals surface area contributed by atoms with Gasteiger partial charge in [-0.05, 0) is 52.9 Å². The van der Waals surface area contributed by atoms with Crippen LogP contribution in [0.3, 0.4) is 0 Å². The summed E-state index contributed by atoms with van der Waals surface area (Å²) >= 11 is 0. The molecular weight excluding hydrogens is 348 g/mol. The molecule has 0 amide bonds. The molecule has 3 saturated heterocycles. The summed E-state index contributed by atoms with van der Waals surface area (Å²) in [5.41, 5.74) is 0. The Bertz CT molecular complexity index is 535. The number of esters is 2. The van der Waals surface area contributed by atoms with Crippen molar-refractivity contribution < 1.29 is 28.5 Å². The molecule has 6 nitrogen and oxygen atoms in total. The predicted octanol–water partition coefficient (Wildman–Crippen LogP) is 3.40. The zero-order valence-corrected chi connectivity index (χ0v) is 17.0. The van der Waals surface area contributed by atoms with E-state index in [-0.39, 0.29) is 60.4 Å². The van der Waals surface area contributed by atoms with E-state index in [1.54, 1.807) is 0 Å². The summed E-state index contributed by atoms with van der Waals surface area (Å²) in [6, 6.07) is 0. The molecule has 0 saturated carbocycles. The Morgan fingerprint density at radius 3 is 1.85 bits per heavy atom. The van der Waals surface area contributed by atoms with E-state index in [0.29, 0.717) is 12.8 Å². The predicted molar refractivity (Wildman–Crippen MR) is 99.1 cm³/mol. The quantitative estimate of drug-likeness (QED) is 0.647. The van der Waals surface area contributed by atoms with Crippen LogP contribution in [0.4, 0.5) is 0 Å². The van der Waals surface area contributed by atoms with Gasteiger partial charge in [-0.1, -0.05) is 6.92 Å². The van der Waals surface area contributed by atoms with Gasteiger partial charge in [-0.2, -0.15) is 0 Å². The summed E-state index contributed by atoms with van der Waals surface area (Å²) in [6.45, 7) is 7.70. The number of hydrogen-bond donors (Lipinski definition) is 0. The Morgan fingerprint density at radius 2 is 1.30 bits per heavy atom. The van der Waals surface area contributed by atoms with Crippen LogP contribution in [0.1, 0.15) is 72.6 Å². The van der Waals surface area contributed by atoms with Crippen molar-refractivity contribution in [3.63, 3.8) is 0 Å². The molecule has 0 aliphatic carbocycles. The Kier molecular flexibility index (Phi) is 6.79. The molecule has 0 aromatic heterocycles. The average Bonchev–Trinajstić information content (AvgIpc) is 3.28. The van der Waals surface area contributed by atoms with E-state index in [9.17, 15) is 9.59 Å². The fraction of sp³-hybridized carbons (Fsp3) is 0.905. The van der Waals surface area contributed by atoms with Crippen LogP contribution >= 0.6 is 0 Å². The number of rotatable bonds is 1. The third-order valence-corrected chi connectivity index (χ3v) is 6.32. The molecule has 6 heteroatoms. The molecule has 0 N–H and O–H groups in total. The maximum absolute atomic E-state index is 12.6. The molecular formula is C21H34O6. The van der Waals surface area contributed by atoms with Gasteiger partial charge in [-0.25, -0.2) is 0 Å². The Balaban J connectivity index is 1.73. The summed E-state index contributed by atoms with van der Waals surface area (Å²) in [5, 5.41) is 0. The van der Waals surface area contributed by atoms with Crippen molar-refractivity contribution in [3.8, 4) is 0 Å². The standard InChI is InChI=1S/C21H34O6/c1-5-15-11-17-7-9-18(26-17)13(3)20(22)24-12(2)10-16-6-8-19(25-16)14(4)21(23)27-15/h12-19H,5-11H2,1-4H3/t12-,13+,14+,15-,16+,17+,18+,19+/m1/s1. The minimum Gasteiger partial charge on any atom is -0.462 e. The minimum absolute atomic E-state index is 0.0188. The molecule has 4 bridgehead atoms. The number of carbonyl (C=O) groups is 2. The molecule has 3 aliphatic rings. The number of ether oxygens (including phenoxy) is 4. The molecule has 154 valence electrons.